The van der Waals surface area contributed by atoms with Crippen molar-refractivity contribution in [1.29, 1.82) is 0 Å². The molecule has 2 amide bonds. The Morgan fingerprint density at radius 1 is 1.16 bits per heavy atom. The number of carbonyl (C=O) groups excluding carboxylic acids is 2. The van der Waals surface area contributed by atoms with E-state index in [1.165, 1.54) is 18.3 Å². The van der Waals surface area contributed by atoms with Crippen LogP contribution in [-0.4, -0.2) is 41.3 Å². The fourth-order valence-electron chi connectivity index (χ4n) is 2.89. The highest BCUT2D eigenvalue weighted by atomic mass is 19.1. The minimum absolute atomic E-state index is 0.0692. The lowest BCUT2D eigenvalue weighted by molar-refractivity contribution is 0.0792. The summed E-state index contributed by atoms with van der Waals surface area (Å²) in [6.45, 7) is 1.81. The zero-order valence-electron chi connectivity index (χ0n) is 13.9. The highest BCUT2D eigenvalue weighted by molar-refractivity contribution is 5.98. The third-order valence-corrected chi connectivity index (χ3v) is 4.27. The summed E-state index contributed by atoms with van der Waals surface area (Å²) in [4.78, 5) is 30.4. The zero-order valence-corrected chi connectivity index (χ0v) is 13.9. The first-order valence-electron chi connectivity index (χ1n) is 8.42. The van der Waals surface area contributed by atoms with Crippen LogP contribution in [0.2, 0.25) is 0 Å². The molecular formula is C19H20FN3O2. The van der Waals surface area contributed by atoms with Crippen LogP contribution in [0.4, 0.5) is 4.39 Å². The highest BCUT2D eigenvalue weighted by Crippen LogP contribution is 2.13. The third kappa shape index (κ3) is 4.21. The van der Waals surface area contributed by atoms with Crippen molar-refractivity contribution in [2.45, 2.75) is 19.3 Å². The monoisotopic (exact) mass is 341 g/mol. The Kier molecular flexibility index (Phi) is 5.38. The number of carbonyl (C=O) groups is 2. The number of benzene rings is 1. The molecule has 0 atom stereocenters. The second-order valence-electron chi connectivity index (χ2n) is 6.03. The number of likely N-dealkylation sites (tertiary alicyclic amines) is 1. The van der Waals surface area contributed by atoms with Gasteiger partial charge in [0.15, 0.2) is 0 Å². The number of pyridine rings is 1. The largest absolute Gasteiger partial charge is 0.350 e. The second-order valence-corrected chi connectivity index (χ2v) is 6.03. The summed E-state index contributed by atoms with van der Waals surface area (Å²) < 4.78 is 13.6. The van der Waals surface area contributed by atoms with Crippen LogP contribution in [-0.2, 0) is 6.42 Å². The zero-order chi connectivity index (χ0) is 17.6. The summed E-state index contributed by atoms with van der Waals surface area (Å²) in [7, 11) is 0. The average Bonchev–Trinajstić information content (AvgIpc) is 3.17. The predicted molar refractivity (Wildman–Crippen MR) is 91.8 cm³/mol. The number of nitrogens with zero attached hydrogens (tertiary/aromatic N) is 2. The molecule has 0 aliphatic carbocycles. The molecule has 1 aromatic carbocycles. The molecule has 1 aliphatic rings. The fraction of sp³-hybridized carbons (Fsp3) is 0.316. The quantitative estimate of drug-likeness (QED) is 0.908. The molecule has 3 rings (SSSR count). The third-order valence-electron chi connectivity index (χ3n) is 4.27. The normalized spacial score (nSPS) is 13.7. The van der Waals surface area contributed by atoms with E-state index in [-0.39, 0.29) is 23.3 Å². The van der Waals surface area contributed by atoms with E-state index < -0.39 is 0 Å². The molecule has 0 spiro atoms. The van der Waals surface area contributed by atoms with E-state index in [2.05, 4.69) is 10.3 Å². The molecule has 130 valence electrons. The molecular weight excluding hydrogens is 321 g/mol. The Morgan fingerprint density at radius 3 is 2.68 bits per heavy atom. The summed E-state index contributed by atoms with van der Waals surface area (Å²) in [5.41, 5.74) is 1.21. The van der Waals surface area contributed by atoms with E-state index in [1.807, 2.05) is 0 Å². The fourth-order valence-corrected chi connectivity index (χ4v) is 2.89. The molecule has 0 unspecified atom stereocenters. The van der Waals surface area contributed by atoms with Crippen molar-refractivity contribution >= 4 is 11.8 Å². The predicted octanol–water partition coefficient (Wildman–Crippen LogP) is 2.43. The molecule has 5 nitrogen and oxygen atoms in total. The number of rotatable bonds is 5. The Hall–Kier alpha value is -2.76. The van der Waals surface area contributed by atoms with Gasteiger partial charge in [-0.2, -0.15) is 0 Å². The van der Waals surface area contributed by atoms with Crippen LogP contribution in [0.15, 0.2) is 42.6 Å². The summed E-state index contributed by atoms with van der Waals surface area (Å²) in [6.07, 6.45) is 3.89. The standard InChI is InChI=1S/C19H20FN3O2/c20-16-6-2-1-5-14(16)7-10-22-18(24)17-13-15(8-9-21-17)19(25)23-11-3-4-12-23/h1-2,5-6,8-9,13H,3-4,7,10-12H2,(H,22,24). The van der Waals surface area contributed by atoms with Crippen LogP contribution >= 0.6 is 0 Å². The molecule has 25 heavy (non-hydrogen) atoms. The van der Waals surface area contributed by atoms with Gasteiger partial charge in [-0.25, -0.2) is 4.39 Å². The Bertz CT molecular complexity index is 773. The topological polar surface area (TPSA) is 62.3 Å². The molecule has 0 bridgehead atoms. The van der Waals surface area contributed by atoms with E-state index in [0.29, 0.717) is 24.1 Å². The molecule has 2 heterocycles. The number of hydrogen-bond donors (Lipinski definition) is 1. The molecule has 6 heteroatoms. The van der Waals surface area contributed by atoms with Gasteiger partial charge in [-0.3, -0.25) is 14.6 Å². The van der Waals surface area contributed by atoms with Gasteiger partial charge in [-0.05, 0) is 43.0 Å². The molecule has 0 saturated carbocycles. The van der Waals surface area contributed by atoms with Crippen molar-refractivity contribution in [2.24, 2.45) is 0 Å². The molecule has 1 aliphatic heterocycles. The smallest absolute Gasteiger partial charge is 0.269 e. The van der Waals surface area contributed by atoms with Gasteiger partial charge in [0.2, 0.25) is 0 Å². The molecule has 1 N–H and O–H groups in total. The Labute approximate surface area is 145 Å². The van der Waals surface area contributed by atoms with Gasteiger partial charge in [-0.1, -0.05) is 18.2 Å². The first-order chi connectivity index (χ1) is 12.1. The van der Waals surface area contributed by atoms with Gasteiger partial charge in [-0.15, -0.1) is 0 Å². The van der Waals surface area contributed by atoms with E-state index in [4.69, 9.17) is 0 Å². The van der Waals surface area contributed by atoms with Crippen LogP contribution in [0.5, 0.6) is 0 Å². The van der Waals surface area contributed by atoms with Gasteiger partial charge in [0.05, 0.1) is 0 Å². The van der Waals surface area contributed by atoms with Crippen molar-refractivity contribution in [3.63, 3.8) is 0 Å². The van der Waals surface area contributed by atoms with Gasteiger partial charge < -0.3 is 10.2 Å². The first kappa shape index (κ1) is 17.1. The number of amides is 2. The van der Waals surface area contributed by atoms with Crippen molar-refractivity contribution in [3.05, 3.63) is 65.2 Å². The molecule has 0 radical (unpaired) electrons. The Morgan fingerprint density at radius 2 is 1.92 bits per heavy atom. The van der Waals surface area contributed by atoms with E-state index in [1.54, 1.807) is 29.2 Å². The lowest BCUT2D eigenvalue weighted by atomic mass is 10.1. The minimum Gasteiger partial charge on any atom is -0.350 e. The molecule has 1 saturated heterocycles. The lowest BCUT2D eigenvalue weighted by Crippen LogP contribution is -2.29. The highest BCUT2D eigenvalue weighted by Gasteiger charge is 2.20. The molecule has 2 aromatic rings. The Balaban J connectivity index is 1.59. The SMILES string of the molecule is O=C(NCCc1ccccc1F)c1cc(C(=O)N2CCCC2)ccn1. The maximum atomic E-state index is 13.6. The van der Waals surface area contributed by atoms with Gasteiger partial charge in [0, 0.05) is 31.4 Å². The van der Waals surface area contributed by atoms with E-state index in [0.717, 1.165) is 25.9 Å². The van der Waals surface area contributed by atoms with Gasteiger partial charge in [0.25, 0.3) is 11.8 Å². The minimum atomic E-state index is -0.368. The molecule has 1 fully saturated rings. The van der Waals surface area contributed by atoms with Gasteiger partial charge >= 0.3 is 0 Å². The van der Waals surface area contributed by atoms with E-state index >= 15 is 0 Å². The summed E-state index contributed by atoms with van der Waals surface area (Å²) in [5, 5.41) is 2.72. The maximum absolute atomic E-state index is 13.6. The van der Waals surface area contributed by atoms with Crippen molar-refractivity contribution in [3.8, 4) is 0 Å². The number of hydrogen-bond acceptors (Lipinski definition) is 3. The number of aromatic nitrogens is 1. The van der Waals surface area contributed by atoms with Crippen LogP contribution in [0, 0.1) is 5.82 Å². The maximum Gasteiger partial charge on any atom is 0.269 e. The summed E-state index contributed by atoms with van der Waals surface area (Å²) in [6, 6.07) is 9.61. The second kappa shape index (κ2) is 7.88. The van der Waals surface area contributed by atoms with Crippen LogP contribution < -0.4 is 5.32 Å². The number of nitrogens with one attached hydrogen (secondary N) is 1. The number of halogens is 1. The van der Waals surface area contributed by atoms with Crippen molar-refractivity contribution < 1.29 is 14.0 Å². The first-order valence-corrected chi connectivity index (χ1v) is 8.42. The van der Waals surface area contributed by atoms with E-state index in [9.17, 15) is 14.0 Å². The van der Waals surface area contributed by atoms with Crippen LogP contribution in [0.3, 0.4) is 0 Å². The summed E-state index contributed by atoms with van der Waals surface area (Å²) >= 11 is 0. The van der Waals surface area contributed by atoms with Crippen LogP contribution in [0.1, 0.15) is 39.3 Å². The lowest BCUT2D eigenvalue weighted by Gasteiger charge is -2.15. The van der Waals surface area contributed by atoms with Crippen LogP contribution in [0.25, 0.3) is 0 Å². The summed E-state index contributed by atoms with van der Waals surface area (Å²) in [5.74, 6) is -0.721. The van der Waals surface area contributed by atoms with Gasteiger partial charge in [0.1, 0.15) is 11.5 Å². The van der Waals surface area contributed by atoms with Crippen molar-refractivity contribution in [1.82, 2.24) is 15.2 Å². The van der Waals surface area contributed by atoms with Crippen molar-refractivity contribution in [2.75, 3.05) is 19.6 Å². The molecule has 1 aromatic heterocycles. The average molecular weight is 341 g/mol.